The van der Waals surface area contributed by atoms with Crippen LogP contribution in [0.1, 0.15) is 30.9 Å². The number of benzene rings is 1. The van der Waals surface area contributed by atoms with Gasteiger partial charge in [-0.1, -0.05) is 48.6 Å². The third-order valence-electron chi connectivity index (χ3n) is 4.48. The van der Waals surface area contributed by atoms with Gasteiger partial charge in [-0.05, 0) is 50.4 Å². The molecule has 1 aromatic rings. The lowest BCUT2D eigenvalue weighted by molar-refractivity contribution is 0.313. The highest BCUT2D eigenvalue weighted by molar-refractivity contribution is 5.28. The van der Waals surface area contributed by atoms with E-state index in [0.717, 1.165) is 13.1 Å². The van der Waals surface area contributed by atoms with Gasteiger partial charge >= 0.3 is 0 Å². The molecule has 0 bridgehead atoms. The zero-order valence-electron chi connectivity index (χ0n) is 14.8. The van der Waals surface area contributed by atoms with Gasteiger partial charge < -0.3 is 9.80 Å². The van der Waals surface area contributed by atoms with E-state index in [1.807, 2.05) is 0 Å². The summed E-state index contributed by atoms with van der Waals surface area (Å²) in [4.78, 5) is 4.66. The fraction of sp³-hybridized carbons (Fsp3) is 0.429. The molecule has 2 aliphatic rings. The van der Waals surface area contributed by atoms with Gasteiger partial charge in [0.25, 0.3) is 0 Å². The van der Waals surface area contributed by atoms with E-state index in [0.29, 0.717) is 0 Å². The standard InChI is InChI=1S/C11H17N.C10H13N/c1-11-9-7-5-3-4-6-8-10-12(11)2;1-11-7-6-9-4-2-3-5-10(9)8-11/h3-5,7,9H,6,8,10H2,1-2H3;2-5H,6-8H2,1H3/b4-3+,7-5-,11-9+;. The van der Waals surface area contributed by atoms with Gasteiger partial charge in [0, 0.05) is 32.4 Å². The Morgan fingerprint density at radius 2 is 1.70 bits per heavy atom. The molecule has 23 heavy (non-hydrogen) atoms. The third kappa shape index (κ3) is 6.07. The Labute approximate surface area is 141 Å². The van der Waals surface area contributed by atoms with E-state index in [1.54, 1.807) is 0 Å². The summed E-state index contributed by atoms with van der Waals surface area (Å²) >= 11 is 0. The molecule has 1 aromatic carbocycles. The topological polar surface area (TPSA) is 6.48 Å². The van der Waals surface area contributed by atoms with Crippen LogP contribution in [0.15, 0.2) is 60.3 Å². The summed E-state index contributed by atoms with van der Waals surface area (Å²) in [5, 5.41) is 0. The minimum atomic E-state index is 1.12. The number of fused-ring (bicyclic) bond motifs is 1. The predicted molar refractivity (Wildman–Crippen MR) is 100 cm³/mol. The van der Waals surface area contributed by atoms with Crippen molar-refractivity contribution in [3.63, 3.8) is 0 Å². The maximum Gasteiger partial charge on any atom is 0.0233 e. The average molecular weight is 310 g/mol. The van der Waals surface area contributed by atoms with Crippen LogP contribution in [0, 0.1) is 0 Å². The van der Waals surface area contributed by atoms with E-state index in [2.05, 4.69) is 85.5 Å². The van der Waals surface area contributed by atoms with Gasteiger partial charge in [-0.15, -0.1) is 0 Å². The first-order valence-corrected chi connectivity index (χ1v) is 8.63. The number of hydrogen-bond donors (Lipinski definition) is 0. The molecule has 0 unspecified atom stereocenters. The molecule has 0 aliphatic carbocycles. The summed E-state index contributed by atoms with van der Waals surface area (Å²) in [5.74, 6) is 0. The van der Waals surface area contributed by atoms with Crippen LogP contribution in [0.25, 0.3) is 0 Å². The molecule has 2 heterocycles. The number of rotatable bonds is 0. The monoisotopic (exact) mass is 310 g/mol. The molecule has 2 aliphatic heterocycles. The summed E-state index contributed by atoms with van der Waals surface area (Å²) in [5.41, 5.74) is 4.37. The second kappa shape index (κ2) is 9.36. The first-order valence-electron chi connectivity index (χ1n) is 8.63. The number of likely N-dealkylation sites (N-methyl/N-ethyl adjacent to an activating group) is 1. The molecule has 0 saturated heterocycles. The quantitative estimate of drug-likeness (QED) is 0.700. The van der Waals surface area contributed by atoms with Crippen LogP contribution in [0.5, 0.6) is 0 Å². The minimum absolute atomic E-state index is 1.12. The van der Waals surface area contributed by atoms with Crippen molar-refractivity contribution in [1.29, 1.82) is 0 Å². The lowest BCUT2D eigenvalue weighted by Crippen LogP contribution is -2.26. The average Bonchev–Trinajstić information content (AvgIpc) is 2.57. The van der Waals surface area contributed by atoms with E-state index >= 15 is 0 Å². The molecule has 0 fully saturated rings. The van der Waals surface area contributed by atoms with Crippen molar-refractivity contribution in [1.82, 2.24) is 9.80 Å². The Morgan fingerprint density at radius 1 is 0.913 bits per heavy atom. The lowest BCUT2D eigenvalue weighted by atomic mass is 10.0. The van der Waals surface area contributed by atoms with Gasteiger partial charge in [-0.25, -0.2) is 0 Å². The van der Waals surface area contributed by atoms with E-state index in [9.17, 15) is 0 Å². The molecule has 0 spiro atoms. The van der Waals surface area contributed by atoms with Crippen molar-refractivity contribution in [2.24, 2.45) is 0 Å². The normalized spacial score (nSPS) is 23.6. The number of hydrogen-bond acceptors (Lipinski definition) is 2. The fourth-order valence-electron chi connectivity index (χ4n) is 2.82. The van der Waals surface area contributed by atoms with Crippen LogP contribution in [0.3, 0.4) is 0 Å². The highest BCUT2D eigenvalue weighted by Crippen LogP contribution is 2.16. The van der Waals surface area contributed by atoms with E-state index in [-0.39, 0.29) is 0 Å². The Kier molecular flexibility index (Phi) is 7.15. The molecule has 0 radical (unpaired) electrons. The Morgan fingerprint density at radius 3 is 2.52 bits per heavy atom. The van der Waals surface area contributed by atoms with Crippen LogP contribution in [0.2, 0.25) is 0 Å². The Bertz CT molecular complexity index is 569. The molecule has 0 saturated carbocycles. The van der Waals surface area contributed by atoms with Crippen molar-refractivity contribution in [3.8, 4) is 0 Å². The van der Waals surface area contributed by atoms with Crippen LogP contribution in [0.4, 0.5) is 0 Å². The lowest BCUT2D eigenvalue weighted by Gasteiger charge is -2.24. The highest BCUT2D eigenvalue weighted by Gasteiger charge is 2.10. The van der Waals surface area contributed by atoms with E-state index in [1.165, 1.54) is 42.6 Å². The van der Waals surface area contributed by atoms with E-state index < -0.39 is 0 Å². The molecule has 0 atom stereocenters. The molecule has 124 valence electrons. The summed E-state index contributed by atoms with van der Waals surface area (Å²) in [6.07, 6.45) is 14.3. The zero-order valence-corrected chi connectivity index (χ0v) is 14.8. The van der Waals surface area contributed by atoms with Gasteiger partial charge in [0.1, 0.15) is 0 Å². The summed E-state index contributed by atoms with van der Waals surface area (Å²) < 4.78 is 0. The number of allylic oxidation sites excluding steroid dienone is 6. The van der Waals surface area contributed by atoms with Crippen molar-refractivity contribution in [2.45, 2.75) is 32.7 Å². The molecular weight excluding hydrogens is 280 g/mol. The fourth-order valence-corrected chi connectivity index (χ4v) is 2.82. The second-order valence-electron chi connectivity index (χ2n) is 6.44. The number of nitrogens with zero attached hydrogens (tertiary/aromatic N) is 2. The van der Waals surface area contributed by atoms with Gasteiger partial charge in [0.15, 0.2) is 0 Å². The molecule has 3 rings (SSSR count). The van der Waals surface area contributed by atoms with Gasteiger partial charge in [0.2, 0.25) is 0 Å². The minimum Gasteiger partial charge on any atom is -0.378 e. The van der Waals surface area contributed by atoms with Crippen molar-refractivity contribution < 1.29 is 0 Å². The van der Waals surface area contributed by atoms with E-state index in [4.69, 9.17) is 0 Å². The smallest absolute Gasteiger partial charge is 0.0233 e. The molecule has 0 amide bonds. The van der Waals surface area contributed by atoms with Crippen LogP contribution in [-0.4, -0.2) is 37.0 Å². The molecule has 2 nitrogen and oxygen atoms in total. The van der Waals surface area contributed by atoms with Crippen LogP contribution >= 0.6 is 0 Å². The summed E-state index contributed by atoms with van der Waals surface area (Å²) in [6, 6.07) is 8.72. The van der Waals surface area contributed by atoms with Crippen LogP contribution in [-0.2, 0) is 13.0 Å². The van der Waals surface area contributed by atoms with Crippen molar-refractivity contribution in [2.75, 3.05) is 27.2 Å². The third-order valence-corrected chi connectivity index (χ3v) is 4.48. The zero-order chi connectivity index (χ0) is 16.5. The SMILES string of the molecule is CN1CCc2ccccc2C1.C\C1=C/C=C\C=C\CCCN1C. The second-order valence-corrected chi connectivity index (χ2v) is 6.44. The van der Waals surface area contributed by atoms with Gasteiger partial charge in [-0.3, -0.25) is 0 Å². The van der Waals surface area contributed by atoms with Crippen molar-refractivity contribution in [3.05, 3.63) is 71.5 Å². The molecule has 2 heteroatoms. The first-order chi connectivity index (χ1) is 11.2. The molecular formula is C21H30N2. The first kappa shape index (κ1) is 17.6. The highest BCUT2D eigenvalue weighted by atomic mass is 15.1. The van der Waals surface area contributed by atoms with Gasteiger partial charge in [-0.2, -0.15) is 0 Å². The summed E-state index contributed by atoms with van der Waals surface area (Å²) in [6.45, 7) is 5.63. The Balaban J connectivity index is 0.000000167. The largest absolute Gasteiger partial charge is 0.378 e. The summed E-state index contributed by atoms with van der Waals surface area (Å²) in [7, 11) is 4.32. The van der Waals surface area contributed by atoms with Crippen LogP contribution < -0.4 is 0 Å². The molecule has 0 N–H and O–H groups in total. The predicted octanol–water partition coefficient (Wildman–Crippen LogP) is 4.40. The molecule has 0 aromatic heterocycles. The maximum atomic E-state index is 2.36. The maximum absolute atomic E-state index is 2.36. The van der Waals surface area contributed by atoms with Gasteiger partial charge in [0.05, 0.1) is 0 Å². The van der Waals surface area contributed by atoms with Crippen molar-refractivity contribution >= 4 is 0 Å². The Hall–Kier alpha value is -1.80.